The van der Waals surface area contributed by atoms with E-state index in [1.807, 2.05) is 0 Å². The lowest BCUT2D eigenvalue weighted by molar-refractivity contribution is 0.263. The molecule has 1 saturated carbocycles. The highest BCUT2D eigenvalue weighted by Crippen LogP contribution is 2.38. The van der Waals surface area contributed by atoms with Crippen LogP contribution in [0.3, 0.4) is 0 Å². The predicted molar refractivity (Wildman–Crippen MR) is 65.1 cm³/mol. The van der Waals surface area contributed by atoms with E-state index in [-0.39, 0.29) is 11.5 Å². The van der Waals surface area contributed by atoms with Crippen LogP contribution >= 0.6 is 11.3 Å². The van der Waals surface area contributed by atoms with Gasteiger partial charge >= 0.3 is 0 Å². The number of thiazole rings is 1. The highest BCUT2D eigenvalue weighted by atomic mass is 32.1. The molecule has 2 N–H and O–H groups in total. The number of aromatic nitrogens is 1. The summed E-state index contributed by atoms with van der Waals surface area (Å²) in [6.07, 6.45) is 3.91. The van der Waals surface area contributed by atoms with Gasteiger partial charge in [-0.15, -0.1) is 11.3 Å². The molecule has 0 bridgehead atoms. The van der Waals surface area contributed by atoms with Crippen molar-refractivity contribution in [3.05, 3.63) is 16.1 Å². The average molecular weight is 224 g/mol. The topological polar surface area (TPSA) is 38.9 Å². The minimum Gasteiger partial charge on any atom is -0.322 e. The van der Waals surface area contributed by atoms with E-state index in [4.69, 9.17) is 5.73 Å². The normalized spacial score (nSPS) is 20.0. The van der Waals surface area contributed by atoms with Gasteiger partial charge in [-0.05, 0) is 18.8 Å². The molecule has 1 aromatic heterocycles. The van der Waals surface area contributed by atoms with Gasteiger partial charge in [0.05, 0.1) is 11.7 Å². The first-order chi connectivity index (χ1) is 6.98. The van der Waals surface area contributed by atoms with E-state index in [1.165, 1.54) is 25.0 Å². The molecule has 1 aliphatic rings. The van der Waals surface area contributed by atoms with Gasteiger partial charge in [-0.2, -0.15) is 0 Å². The van der Waals surface area contributed by atoms with Crippen molar-refractivity contribution in [3.8, 4) is 0 Å². The number of hydrogen-bond donors (Lipinski definition) is 1. The van der Waals surface area contributed by atoms with E-state index in [1.54, 1.807) is 11.3 Å². The Kier molecular flexibility index (Phi) is 2.86. The highest BCUT2D eigenvalue weighted by molar-refractivity contribution is 7.09. The molecule has 84 valence electrons. The lowest BCUT2D eigenvalue weighted by Crippen LogP contribution is -2.27. The second-order valence-corrected chi connectivity index (χ2v) is 6.43. The maximum Gasteiger partial charge on any atom is 0.110 e. The van der Waals surface area contributed by atoms with Crippen LogP contribution in [0, 0.1) is 5.92 Å². The van der Waals surface area contributed by atoms with Crippen LogP contribution in [0.25, 0.3) is 0 Å². The Morgan fingerprint density at radius 1 is 1.47 bits per heavy atom. The van der Waals surface area contributed by atoms with E-state index < -0.39 is 0 Å². The molecule has 1 unspecified atom stereocenters. The summed E-state index contributed by atoms with van der Waals surface area (Å²) in [5.41, 5.74) is 7.53. The van der Waals surface area contributed by atoms with Gasteiger partial charge in [-0.25, -0.2) is 4.98 Å². The monoisotopic (exact) mass is 224 g/mol. The largest absolute Gasteiger partial charge is 0.322 e. The summed E-state index contributed by atoms with van der Waals surface area (Å²) < 4.78 is 0. The van der Waals surface area contributed by atoms with Crippen molar-refractivity contribution in [1.82, 2.24) is 4.98 Å². The third-order valence-corrected chi connectivity index (χ3v) is 4.18. The zero-order valence-corrected chi connectivity index (χ0v) is 10.6. The summed E-state index contributed by atoms with van der Waals surface area (Å²) >= 11 is 1.73. The van der Waals surface area contributed by atoms with Crippen LogP contribution in [0.15, 0.2) is 5.38 Å². The van der Waals surface area contributed by atoms with Gasteiger partial charge < -0.3 is 5.73 Å². The Morgan fingerprint density at radius 2 is 2.13 bits per heavy atom. The Hall–Kier alpha value is -0.410. The SMILES string of the molecule is CC(C)(C)c1csc(C(N)C2CCC2)n1. The fraction of sp³-hybridized carbons (Fsp3) is 0.750. The summed E-state index contributed by atoms with van der Waals surface area (Å²) in [4.78, 5) is 4.68. The third-order valence-electron chi connectivity index (χ3n) is 3.23. The van der Waals surface area contributed by atoms with Crippen molar-refractivity contribution in [2.45, 2.75) is 51.5 Å². The molecule has 0 aromatic carbocycles. The molecule has 3 heteroatoms. The zero-order valence-electron chi connectivity index (χ0n) is 9.79. The van der Waals surface area contributed by atoms with Crippen LogP contribution in [0.5, 0.6) is 0 Å². The fourth-order valence-corrected chi connectivity index (χ4v) is 2.93. The Balaban J connectivity index is 2.12. The molecule has 1 heterocycles. The summed E-state index contributed by atoms with van der Waals surface area (Å²) in [5.74, 6) is 0.684. The van der Waals surface area contributed by atoms with Gasteiger partial charge in [0.25, 0.3) is 0 Å². The number of hydrogen-bond acceptors (Lipinski definition) is 3. The minimum absolute atomic E-state index is 0.147. The van der Waals surface area contributed by atoms with E-state index in [0.717, 1.165) is 5.01 Å². The van der Waals surface area contributed by atoms with Crippen LogP contribution in [0.4, 0.5) is 0 Å². The van der Waals surface area contributed by atoms with Crippen molar-refractivity contribution in [2.75, 3.05) is 0 Å². The molecule has 1 atom stereocenters. The molecular weight excluding hydrogens is 204 g/mol. The van der Waals surface area contributed by atoms with E-state index in [9.17, 15) is 0 Å². The Bertz CT molecular complexity index is 334. The van der Waals surface area contributed by atoms with Gasteiger partial charge in [0.2, 0.25) is 0 Å². The van der Waals surface area contributed by atoms with Crippen molar-refractivity contribution in [3.63, 3.8) is 0 Å². The fourth-order valence-electron chi connectivity index (χ4n) is 1.79. The van der Waals surface area contributed by atoms with Crippen molar-refractivity contribution in [1.29, 1.82) is 0 Å². The first kappa shape index (κ1) is 11.1. The van der Waals surface area contributed by atoms with E-state index in [2.05, 4.69) is 31.1 Å². The van der Waals surface area contributed by atoms with Crippen LogP contribution in [0.2, 0.25) is 0 Å². The second kappa shape index (κ2) is 3.87. The molecule has 0 radical (unpaired) electrons. The van der Waals surface area contributed by atoms with Gasteiger partial charge in [0, 0.05) is 10.8 Å². The van der Waals surface area contributed by atoms with Crippen LogP contribution in [-0.2, 0) is 5.41 Å². The first-order valence-electron chi connectivity index (χ1n) is 5.70. The first-order valence-corrected chi connectivity index (χ1v) is 6.58. The summed E-state index contributed by atoms with van der Waals surface area (Å²) in [5, 5.41) is 3.29. The number of nitrogens with two attached hydrogens (primary N) is 1. The predicted octanol–water partition coefficient (Wildman–Crippen LogP) is 3.24. The van der Waals surface area contributed by atoms with Gasteiger partial charge in [0.15, 0.2) is 0 Å². The molecule has 2 rings (SSSR count). The highest BCUT2D eigenvalue weighted by Gasteiger charge is 2.28. The molecule has 1 aromatic rings. The van der Waals surface area contributed by atoms with Gasteiger partial charge in [0.1, 0.15) is 5.01 Å². The van der Waals surface area contributed by atoms with E-state index in [0.29, 0.717) is 5.92 Å². The maximum atomic E-state index is 6.20. The quantitative estimate of drug-likeness (QED) is 0.837. The average Bonchev–Trinajstić information content (AvgIpc) is 2.46. The molecule has 0 saturated heterocycles. The molecule has 0 amide bonds. The lowest BCUT2D eigenvalue weighted by atomic mass is 9.80. The van der Waals surface area contributed by atoms with Crippen LogP contribution in [-0.4, -0.2) is 4.98 Å². The second-order valence-electron chi connectivity index (χ2n) is 5.54. The smallest absolute Gasteiger partial charge is 0.110 e. The molecule has 2 nitrogen and oxygen atoms in total. The summed E-state index contributed by atoms with van der Waals surface area (Å²) in [6.45, 7) is 6.59. The Labute approximate surface area is 95.9 Å². The zero-order chi connectivity index (χ0) is 11.1. The molecular formula is C12H20N2S. The number of nitrogens with zero attached hydrogens (tertiary/aromatic N) is 1. The number of rotatable bonds is 2. The molecule has 0 aliphatic heterocycles. The molecule has 0 spiro atoms. The lowest BCUT2D eigenvalue weighted by Gasteiger charge is -2.29. The summed E-state index contributed by atoms with van der Waals surface area (Å²) in [7, 11) is 0. The van der Waals surface area contributed by atoms with Gasteiger partial charge in [-0.3, -0.25) is 0 Å². The molecule has 15 heavy (non-hydrogen) atoms. The van der Waals surface area contributed by atoms with Crippen molar-refractivity contribution >= 4 is 11.3 Å². The standard InChI is InChI=1S/C12H20N2S/c1-12(2,3)9-7-15-11(14-9)10(13)8-5-4-6-8/h7-8,10H,4-6,13H2,1-3H3. The van der Waals surface area contributed by atoms with E-state index >= 15 is 0 Å². The van der Waals surface area contributed by atoms with Crippen LogP contribution in [0.1, 0.15) is 56.8 Å². The molecule has 1 aliphatic carbocycles. The minimum atomic E-state index is 0.147. The van der Waals surface area contributed by atoms with Crippen LogP contribution < -0.4 is 5.73 Å². The van der Waals surface area contributed by atoms with Crippen molar-refractivity contribution in [2.24, 2.45) is 11.7 Å². The Morgan fingerprint density at radius 3 is 2.53 bits per heavy atom. The summed E-state index contributed by atoms with van der Waals surface area (Å²) in [6, 6.07) is 0.180. The van der Waals surface area contributed by atoms with Gasteiger partial charge in [-0.1, -0.05) is 27.2 Å². The molecule has 1 fully saturated rings. The van der Waals surface area contributed by atoms with Crippen molar-refractivity contribution < 1.29 is 0 Å². The third kappa shape index (κ3) is 2.23. The maximum absolute atomic E-state index is 6.20.